The molecule has 2 fully saturated rings. The molecule has 0 spiro atoms. The second kappa shape index (κ2) is 6.01. The zero-order chi connectivity index (χ0) is 14.8. The van der Waals surface area contributed by atoms with Gasteiger partial charge in [0.05, 0.1) is 5.41 Å². The smallest absolute Gasteiger partial charge is 0.230 e. The molecule has 0 aromatic heterocycles. The molecule has 1 heterocycles. The minimum atomic E-state index is -0.258. The van der Waals surface area contributed by atoms with Gasteiger partial charge in [0.25, 0.3) is 0 Å². The lowest BCUT2D eigenvalue weighted by molar-refractivity contribution is -0.123. The third-order valence-electron chi connectivity index (χ3n) is 4.92. The van der Waals surface area contributed by atoms with E-state index in [1.54, 1.807) is 0 Å². The lowest BCUT2D eigenvalue weighted by atomic mass is 9.94. The molecule has 21 heavy (non-hydrogen) atoms. The highest BCUT2D eigenvalue weighted by molar-refractivity contribution is 8.00. The number of amides is 1. The fourth-order valence-electron chi connectivity index (χ4n) is 3.14. The molecular weight excluding hydrogens is 282 g/mol. The molecular formula is C17H23NO2S. The maximum atomic E-state index is 12.7. The number of carbonyl (C=O) groups excluding carboxylic acids is 1. The molecule has 0 unspecified atom stereocenters. The normalized spacial score (nSPS) is 22.5. The molecule has 114 valence electrons. The molecule has 3 nitrogen and oxygen atoms in total. The molecule has 1 saturated heterocycles. The molecule has 1 aliphatic heterocycles. The zero-order valence-corrected chi connectivity index (χ0v) is 13.4. The predicted molar refractivity (Wildman–Crippen MR) is 86.7 cm³/mol. The molecule has 1 aromatic carbocycles. The van der Waals surface area contributed by atoms with Crippen LogP contribution >= 0.6 is 11.8 Å². The predicted octanol–water partition coefficient (Wildman–Crippen LogP) is 2.75. The number of carbonyl (C=O) groups is 1. The van der Waals surface area contributed by atoms with Gasteiger partial charge in [-0.05, 0) is 37.5 Å². The molecule has 4 heteroatoms. The molecule has 0 bridgehead atoms. The lowest BCUT2D eigenvalue weighted by Crippen LogP contribution is -2.46. The fourth-order valence-corrected chi connectivity index (χ4v) is 3.93. The Bertz CT molecular complexity index is 493. The van der Waals surface area contributed by atoms with Crippen molar-refractivity contribution in [2.24, 2.45) is 0 Å². The van der Waals surface area contributed by atoms with E-state index in [9.17, 15) is 4.79 Å². The number of ether oxygens (including phenoxy) is 1. The van der Waals surface area contributed by atoms with Crippen LogP contribution in [0.2, 0.25) is 0 Å². The van der Waals surface area contributed by atoms with Crippen molar-refractivity contribution in [2.45, 2.75) is 35.8 Å². The Balaban J connectivity index is 1.64. The Morgan fingerprint density at radius 1 is 1.19 bits per heavy atom. The van der Waals surface area contributed by atoms with Crippen LogP contribution in [0.1, 0.15) is 31.2 Å². The summed E-state index contributed by atoms with van der Waals surface area (Å²) < 4.78 is 5.61. The van der Waals surface area contributed by atoms with Gasteiger partial charge in [0.15, 0.2) is 0 Å². The summed E-state index contributed by atoms with van der Waals surface area (Å²) in [5.41, 5.74) is 0.902. The van der Waals surface area contributed by atoms with Crippen molar-refractivity contribution in [3.8, 4) is 0 Å². The topological polar surface area (TPSA) is 38.3 Å². The number of hydrogen-bond acceptors (Lipinski definition) is 3. The molecule has 3 rings (SSSR count). The molecule has 1 aromatic rings. The summed E-state index contributed by atoms with van der Waals surface area (Å²) in [5.74, 6) is 0.202. The first-order chi connectivity index (χ1) is 10.2. The Labute approximate surface area is 130 Å². The van der Waals surface area contributed by atoms with Crippen LogP contribution in [0.4, 0.5) is 0 Å². The maximum Gasteiger partial charge on any atom is 0.230 e. The lowest BCUT2D eigenvalue weighted by Gasteiger charge is -2.36. The average Bonchev–Trinajstić information content (AvgIpc) is 3.36. The molecule has 0 radical (unpaired) electrons. The largest absolute Gasteiger partial charge is 0.381 e. The van der Waals surface area contributed by atoms with Crippen LogP contribution in [0.15, 0.2) is 30.3 Å². The van der Waals surface area contributed by atoms with Gasteiger partial charge < -0.3 is 10.1 Å². The van der Waals surface area contributed by atoms with Crippen molar-refractivity contribution in [3.05, 3.63) is 35.9 Å². The first-order valence-corrected chi connectivity index (χ1v) is 8.90. The van der Waals surface area contributed by atoms with Crippen LogP contribution in [-0.4, -0.2) is 36.7 Å². The van der Waals surface area contributed by atoms with E-state index in [0.29, 0.717) is 0 Å². The van der Waals surface area contributed by atoms with E-state index >= 15 is 0 Å². The monoisotopic (exact) mass is 305 g/mol. The van der Waals surface area contributed by atoms with Crippen LogP contribution in [-0.2, 0) is 14.9 Å². The van der Waals surface area contributed by atoms with Crippen LogP contribution < -0.4 is 5.32 Å². The Morgan fingerprint density at radius 2 is 1.86 bits per heavy atom. The van der Waals surface area contributed by atoms with E-state index in [2.05, 4.69) is 23.7 Å². The SMILES string of the molecule is CSC1(CNC(=O)C2(c3ccccc3)CC2)CCOCC1. The molecule has 1 aliphatic carbocycles. The van der Waals surface area contributed by atoms with Crippen LogP contribution in [0.25, 0.3) is 0 Å². The molecule has 1 N–H and O–H groups in total. The third-order valence-corrected chi connectivity index (χ3v) is 6.34. The Hall–Kier alpha value is -1.00. The third kappa shape index (κ3) is 2.97. The standard InChI is InChI=1S/C17H23NO2S/c1-21-16(9-11-20-12-10-16)13-18-15(19)17(7-8-17)14-5-3-2-4-6-14/h2-6H,7-13H2,1H3,(H,18,19). The summed E-state index contributed by atoms with van der Waals surface area (Å²) in [6, 6.07) is 10.2. The van der Waals surface area contributed by atoms with Gasteiger partial charge in [-0.15, -0.1) is 0 Å². The van der Waals surface area contributed by atoms with Crippen molar-refractivity contribution in [1.82, 2.24) is 5.32 Å². The number of benzene rings is 1. The summed E-state index contributed by atoms with van der Waals surface area (Å²) in [6.45, 7) is 2.37. The quantitative estimate of drug-likeness (QED) is 0.909. The summed E-state index contributed by atoms with van der Waals surface area (Å²) in [6.07, 6.45) is 6.12. The van der Waals surface area contributed by atoms with Crippen molar-refractivity contribution in [2.75, 3.05) is 26.0 Å². The minimum absolute atomic E-state index is 0.153. The molecule has 1 saturated carbocycles. The van der Waals surface area contributed by atoms with Gasteiger partial charge in [0, 0.05) is 24.5 Å². The summed E-state index contributed by atoms with van der Waals surface area (Å²) in [5, 5.41) is 3.23. The highest BCUT2D eigenvalue weighted by Crippen LogP contribution is 2.48. The van der Waals surface area contributed by atoms with Crippen molar-refractivity contribution < 1.29 is 9.53 Å². The molecule has 2 aliphatic rings. The Morgan fingerprint density at radius 3 is 2.43 bits per heavy atom. The van der Waals surface area contributed by atoms with E-state index in [4.69, 9.17) is 4.74 Å². The van der Waals surface area contributed by atoms with Crippen molar-refractivity contribution in [3.63, 3.8) is 0 Å². The van der Waals surface area contributed by atoms with Crippen LogP contribution in [0, 0.1) is 0 Å². The van der Waals surface area contributed by atoms with Crippen molar-refractivity contribution in [1.29, 1.82) is 0 Å². The van der Waals surface area contributed by atoms with Crippen LogP contribution in [0.3, 0.4) is 0 Å². The van der Waals surface area contributed by atoms with E-state index in [-0.39, 0.29) is 16.1 Å². The second-order valence-electron chi connectivity index (χ2n) is 6.13. The highest BCUT2D eigenvalue weighted by atomic mass is 32.2. The number of hydrogen-bond donors (Lipinski definition) is 1. The Kier molecular flexibility index (Phi) is 4.27. The molecule has 1 amide bonds. The van der Waals surface area contributed by atoms with E-state index in [1.165, 1.54) is 0 Å². The first-order valence-electron chi connectivity index (χ1n) is 7.68. The van der Waals surface area contributed by atoms with Gasteiger partial charge in [-0.3, -0.25) is 4.79 Å². The van der Waals surface area contributed by atoms with E-state index < -0.39 is 0 Å². The van der Waals surface area contributed by atoms with E-state index in [0.717, 1.165) is 51.0 Å². The second-order valence-corrected chi connectivity index (χ2v) is 7.40. The summed E-state index contributed by atoms with van der Waals surface area (Å²) >= 11 is 1.87. The van der Waals surface area contributed by atoms with Gasteiger partial charge in [-0.25, -0.2) is 0 Å². The van der Waals surface area contributed by atoms with Gasteiger partial charge in [0.1, 0.15) is 0 Å². The number of thioether (sulfide) groups is 1. The summed E-state index contributed by atoms with van der Waals surface area (Å²) in [4.78, 5) is 12.7. The van der Waals surface area contributed by atoms with Crippen LogP contribution in [0.5, 0.6) is 0 Å². The van der Waals surface area contributed by atoms with Gasteiger partial charge in [0.2, 0.25) is 5.91 Å². The van der Waals surface area contributed by atoms with Gasteiger partial charge in [-0.1, -0.05) is 30.3 Å². The maximum absolute atomic E-state index is 12.7. The first kappa shape index (κ1) is 14.9. The summed E-state index contributed by atoms with van der Waals surface area (Å²) in [7, 11) is 0. The number of rotatable bonds is 5. The highest BCUT2D eigenvalue weighted by Gasteiger charge is 2.51. The fraction of sp³-hybridized carbons (Fsp3) is 0.588. The number of nitrogens with one attached hydrogen (secondary N) is 1. The average molecular weight is 305 g/mol. The van der Waals surface area contributed by atoms with E-state index in [1.807, 2.05) is 30.0 Å². The minimum Gasteiger partial charge on any atom is -0.381 e. The zero-order valence-electron chi connectivity index (χ0n) is 12.6. The van der Waals surface area contributed by atoms with Gasteiger partial charge >= 0.3 is 0 Å². The molecule has 0 atom stereocenters. The van der Waals surface area contributed by atoms with Gasteiger partial charge in [-0.2, -0.15) is 11.8 Å². The van der Waals surface area contributed by atoms with Crippen molar-refractivity contribution >= 4 is 17.7 Å².